The molecule has 0 unspecified atom stereocenters. The first-order valence-electron chi connectivity index (χ1n) is 8.80. The maximum absolute atomic E-state index is 13.2. The molecule has 0 radical (unpaired) electrons. The lowest BCUT2D eigenvalue weighted by Crippen LogP contribution is -2.30. The molecule has 0 spiro atoms. The van der Waals surface area contributed by atoms with E-state index in [1.165, 1.54) is 10.5 Å². The van der Waals surface area contributed by atoms with Crippen molar-refractivity contribution in [2.45, 2.75) is 25.2 Å². The largest absolute Gasteiger partial charge is 0.357 e. The molecule has 2 heterocycles. The summed E-state index contributed by atoms with van der Waals surface area (Å²) in [6, 6.07) is 15.3. The summed E-state index contributed by atoms with van der Waals surface area (Å²) in [5, 5.41) is 1.14. The molecule has 130 valence electrons. The van der Waals surface area contributed by atoms with Crippen LogP contribution in [0.25, 0.3) is 10.9 Å². The minimum absolute atomic E-state index is 0.0801. The Balaban J connectivity index is 1.69. The Hall–Kier alpha value is -2.40. The topological polar surface area (TPSA) is 53.2 Å². The Morgan fingerprint density at radius 1 is 1.08 bits per heavy atom. The van der Waals surface area contributed by atoms with E-state index in [0.717, 1.165) is 21.1 Å². The molecule has 2 aromatic carbocycles. The second-order valence-electron chi connectivity index (χ2n) is 7.21. The highest BCUT2D eigenvalue weighted by molar-refractivity contribution is 9.10. The van der Waals surface area contributed by atoms with Crippen molar-refractivity contribution in [1.82, 2.24) is 4.98 Å². The van der Waals surface area contributed by atoms with Gasteiger partial charge in [0.1, 0.15) is 0 Å². The second kappa shape index (κ2) is 5.55. The summed E-state index contributed by atoms with van der Waals surface area (Å²) in [5.41, 5.74) is 3.77. The minimum atomic E-state index is -0.417. The summed E-state index contributed by atoms with van der Waals surface area (Å²) < 4.78 is 1.01. The van der Waals surface area contributed by atoms with Crippen molar-refractivity contribution in [1.29, 1.82) is 0 Å². The average Bonchev–Trinajstić information content (AvgIpc) is 3.12. The first-order valence-corrected chi connectivity index (χ1v) is 9.59. The van der Waals surface area contributed by atoms with E-state index in [9.17, 15) is 9.59 Å². The van der Waals surface area contributed by atoms with Gasteiger partial charge in [0.25, 0.3) is 0 Å². The van der Waals surface area contributed by atoms with E-state index in [4.69, 9.17) is 0 Å². The van der Waals surface area contributed by atoms with Gasteiger partial charge in [-0.15, -0.1) is 0 Å². The number of carbonyl (C=O) groups is 2. The lowest BCUT2D eigenvalue weighted by atomic mass is 9.74. The maximum Gasteiger partial charge on any atom is 0.243 e. The molecule has 26 heavy (non-hydrogen) atoms. The van der Waals surface area contributed by atoms with Crippen molar-refractivity contribution < 1.29 is 9.59 Å². The predicted octanol–water partition coefficient (Wildman–Crippen LogP) is 4.71. The number of amides is 2. The van der Waals surface area contributed by atoms with Gasteiger partial charge in [-0.2, -0.15) is 0 Å². The van der Waals surface area contributed by atoms with Crippen molar-refractivity contribution >= 4 is 44.3 Å². The molecule has 1 aliphatic heterocycles. The van der Waals surface area contributed by atoms with E-state index >= 15 is 0 Å². The fraction of sp³-hybridized carbons (Fsp3) is 0.238. The minimum Gasteiger partial charge on any atom is -0.357 e. The first-order chi connectivity index (χ1) is 12.6. The number of anilines is 1. The van der Waals surface area contributed by atoms with Gasteiger partial charge in [-0.1, -0.05) is 41.1 Å². The number of imide groups is 1. The Morgan fingerprint density at radius 2 is 1.85 bits per heavy atom. The van der Waals surface area contributed by atoms with Crippen LogP contribution in [0.5, 0.6) is 0 Å². The number of rotatable bonds is 1. The van der Waals surface area contributed by atoms with Crippen LogP contribution in [0.4, 0.5) is 5.69 Å². The first kappa shape index (κ1) is 15.8. The third-order valence-corrected chi connectivity index (χ3v) is 6.18. The van der Waals surface area contributed by atoms with Crippen LogP contribution in [0, 0.1) is 5.92 Å². The normalized spacial score (nSPS) is 24.8. The van der Waals surface area contributed by atoms with E-state index in [1.807, 2.05) is 42.5 Å². The van der Waals surface area contributed by atoms with Gasteiger partial charge >= 0.3 is 0 Å². The van der Waals surface area contributed by atoms with Crippen LogP contribution >= 0.6 is 15.9 Å². The van der Waals surface area contributed by atoms with E-state index in [2.05, 4.69) is 33.9 Å². The van der Waals surface area contributed by atoms with E-state index in [0.29, 0.717) is 12.1 Å². The number of aromatic amines is 1. The van der Waals surface area contributed by atoms with Crippen molar-refractivity contribution in [3.8, 4) is 0 Å². The standard InChI is InChI=1S/C21H17BrN2O2/c1-11-9-15-18(19-17(11)14-10-12(22)7-8-16(14)23-19)21(26)24(20(15)25)13-5-3-2-4-6-13/h2-8,10-11,15,18,23H,9H2,1H3/t11-,15+,18+/m1/s1. The molecule has 3 atom stereocenters. The molecule has 2 aliphatic rings. The van der Waals surface area contributed by atoms with Gasteiger partial charge in [0.15, 0.2) is 0 Å². The number of carbonyl (C=O) groups excluding carboxylic acids is 2. The van der Waals surface area contributed by atoms with E-state index < -0.39 is 5.92 Å². The summed E-state index contributed by atoms with van der Waals surface area (Å²) in [4.78, 5) is 31.1. The molecule has 1 fully saturated rings. The molecular formula is C21H17BrN2O2. The summed E-state index contributed by atoms with van der Waals surface area (Å²) >= 11 is 3.54. The lowest BCUT2D eigenvalue weighted by Gasteiger charge is -2.27. The summed E-state index contributed by atoms with van der Waals surface area (Å²) in [6.07, 6.45) is 0.699. The third kappa shape index (κ3) is 2.07. The molecule has 1 N–H and O–H groups in total. The quantitative estimate of drug-likeness (QED) is 0.592. The Bertz CT molecular complexity index is 1060. The number of benzene rings is 2. The van der Waals surface area contributed by atoms with Gasteiger partial charge in [-0.3, -0.25) is 9.59 Å². The smallest absolute Gasteiger partial charge is 0.243 e. The lowest BCUT2D eigenvalue weighted by molar-refractivity contribution is -0.122. The highest BCUT2D eigenvalue weighted by atomic mass is 79.9. The molecule has 5 rings (SSSR count). The van der Waals surface area contributed by atoms with Crippen LogP contribution in [0.1, 0.15) is 36.4 Å². The predicted molar refractivity (Wildman–Crippen MR) is 104 cm³/mol. The molecule has 0 bridgehead atoms. The van der Waals surface area contributed by atoms with E-state index in [-0.39, 0.29) is 23.7 Å². The third-order valence-electron chi connectivity index (χ3n) is 5.68. The molecule has 1 aromatic heterocycles. The summed E-state index contributed by atoms with van der Waals surface area (Å²) in [7, 11) is 0. The summed E-state index contributed by atoms with van der Waals surface area (Å²) in [6.45, 7) is 2.15. The fourth-order valence-electron chi connectivity index (χ4n) is 4.60. The molecule has 0 saturated carbocycles. The number of para-hydroxylation sites is 1. The van der Waals surface area contributed by atoms with Crippen molar-refractivity contribution in [2.24, 2.45) is 5.92 Å². The Kier molecular flexibility index (Phi) is 3.38. The zero-order valence-electron chi connectivity index (χ0n) is 14.2. The van der Waals surface area contributed by atoms with Crippen LogP contribution in [0.15, 0.2) is 53.0 Å². The monoisotopic (exact) mass is 408 g/mol. The molecule has 3 aromatic rings. The maximum atomic E-state index is 13.2. The molecule has 5 heteroatoms. The number of H-pyrrole nitrogens is 1. The van der Waals surface area contributed by atoms with Gasteiger partial charge in [-0.05, 0) is 48.2 Å². The Morgan fingerprint density at radius 3 is 2.62 bits per heavy atom. The van der Waals surface area contributed by atoms with Crippen molar-refractivity contribution in [2.75, 3.05) is 4.90 Å². The van der Waals surface area contributed by atoms with E-state index in [1.54, 1.807) is 0 Å². The molecule has 2 amide bonds. The van der Waals surface area contributed by atoms with Crippen LogP contribution in [0.2, 0.25) is 0 Å². The highest BCUT2D eigenvalue weighted by Gasteiger charge is 2.53. The number of hydrogen-bond donors (Lipinski definition) is 1. The number of aromatic nitrogens is 1. The number of hydrogen-bond acceptors (Lipinski definition) is 2. The van der Waals surface area contributed by atoms with Gasteiger partial charge < -0.3 is 4.98 Å². The SMILES string of the molecule is C[C@@H]1C[C@@H]2C(=O)N(c3ccccc3)C(=O)[C@@H]2c2[nH]c3ccc(Br)cc3c21. The van der Waals surface area contributed by atoms with Crippen LogP contribution in [-0.4, -0.2) is 16.8 Å². The molecular weight excluding hydrogens is 392 g/mol. The zero-order valence-corrected chi connectivity index (χ0v) is 15.8. The average molecular weight is 409 g/mol. The van der Waals surface area contributed by atoms with Gasteiger partial charge in [0.05, 0.1) is 17.5 Å². The number of nitrogens with one attached hydrogen (secondary N) is 1. The fourth-order valence-corrected chi connectivity index (χ4v) is 4.96. The van der Waals surface area contributed by atoms with Gasteiger partial charge in [0, 0.05) is 21.1 Å². The molecule has 1 aliphatic carbocycles. The van der Waals surface area contributed by atoms with Crippen LogP contribution in [-0.2, 0) is 9.59 Å². The van der Waals surface area contributed by atoms with Gasteiger partial charge in [0.2, 0.25) is 11.8 Å². The van der Waals surface area contributed by atoms with Crippen molar-refractivity contribution in [3.63, 3.8) is 0 Å². The zero-order chi connectivity index (χ0) is 18.0. The number of nitrogens with zero attached hydrogens (tertiary/aromatic N) is 1. The summed E-state index contributed by atoms with van der Waals surface area (Å²) in [5.74, 6) is -0.683. The van der Waals surface area contributed by atoms with Crippen LogP contribution < -0.4 is 4.90 Å². The van der Waals surface area contributed by atoms with Crippen LogP contribution in [0.3, 0.4) is 0 Å². The second-order valence-corrected chi connectivity index (χ2v) is 8.13. The van der Waals surface area contributed by atoms with Crippen molar-refractivity contribution in [3.05, 3.63) is 64.3 Å². The van der Waals surface area contributed by atoms with Gasteiger partial charge in [-0.25, -0.2) is 4.90 Å². The molecule has 1 saturated heterocycles. The number of halogens is 1. The number of fused-ring (bicyclic) bond motifs is 5. The Labute approximate surface area is 159 Å². The molecule has 4 nitrogen and oxygen atoms in total. The highest BCUT2D eigenvalue weighted by Crippen LogP contribution is 2.50.